The third-order valence-corrected chi connectivity index (χ3v) is 5.53. The summed E-state index contributed by atoms with van der Waals surface area (Å²) in [6, 6.07) is 11.8. The first-order valence-corrected chi connectivity index (χ1v) is 10.7. The highest BCUT2D eigenvalue weighted by molar-refractivity contribution is 7.14. The smallest absolute Gasteiger partial charge is 0.288 e. The van der Waals surface area contributed by atoms with E-state index in [-0.39, 0.29) is 22.7 Å². The molecule has 2 N–H and O–H groups in total. The van der Waals surface area contributed by atoms with Crippen molar-refractivity contribution in [2.24, 2.45) is 0 Å². The molecule has 0 spiro atoms. The number of hydrogen-bond acceptors (Lipinski definition) is 6. The van der Waals surface area contributed by atoms with Gasteiger partial charge < -0.3 is 5.32 Å². The molecule has 1 unspecified atom stereocenters. The van der Waals surface area contributed by atoms with E-state index in [0.717, 1.165) is 11.1 Å². The molecule has 2 amide bonds. The number of carbonyl (C=O) groups is 2. The van der Waals surface area contributed by atoms with Crippen molar-refractivity contribution in [3.8, 4) is 11.3 Å². The monoisotopic (exact) mass is 470 g/mol. The molecule has 1 heterocycles. The Morgan fingerprint density at radius 3 is 2.59 bits per heavy atom. The van der Waals surface area contributed by atoms with Crippen molar-refractivity contribution < 1.29 is 14.5 Å². The molecular formula is C22H19ClN4O4S. The largest absolute Gasteiger partial charge is 0.350 e. The summed E-state index contributed by atoms with van der Waals surface area (Å²) in [4.78, 5) is 38.2. The molecule has 0 fully saturated rings. The van der Waals surface area contributed by atoms with Gasteiger partial charge in [0.25, 0.3) is 5.69 Å². The molecule has 164 valence electrons. The standard InChI is InChI=1S/C22H19ClN4O4S/c1-13(24-14(2)28)16-5-7-17(8-6-16)19-12-32-22(25-19)26-21(29)10-4-15-3-9-18(23)20(11-15)27(30)31/h3-13H,1-2H3,(H,24,28)(H,25,26,29). The molecule has 0 aliphatic carbocycles. The van der Waals surface area contributed by atoms with Crippen LogP contribution in [0.1, 0.15) is 31.0 Å². The number of thiazole rings is 1. The van der Waals surface area contributed by atoms with Crippen LogP contribution in [0.15, 0.2) is 53.9 Å². The van der Waals surface area contributed by atoms with Crippen LogP contribution < -0.4 is 10.6 Å². The van der Waals surface area contributed by atoms with Crippen LogP contribution in [-0.4, -0.2) is 21.7 Å². The van der Waals surface area contributed by atoms with E-state index in [2.05, 4.69) is 15.6 Å². The molecule has 2 aromatic carbocycles. The van der Waals surface area contributed by atoms with E-state index in [1.807, 2.05) is 36.6 Å². The highest BCUT2D eigenvalue weighted by atomic mass is 35.5. The topological polar surface area (TPSA) is 114 Å². The molecule has 32 heavy (non-hydrogen) atoms. The van der Waals surface area contributed by atoms with Crippen LogP contribution >= 0.6 is 22.9 Å². The number of hydrogen-bond donors (Lipinski definition) is 2. The van der Waals surface area contributed by atoms with Crippen LogP contribution in [0.4, 0.5) is 10.8 Å². The predicted octanol–water partition coefficient (Wildman–Crippen LogP) is 5.22. The molecule has 1 atom stereocenters. The van der Waals surface area contributed by atoms with Crippen molar-refractivity contribution in [2.45, 2.75) is 19.9 Å². The maximum Gasteiger partial charge on any atom is 0.288 e. The van der Waals surface area contributed by atoms with Crippen molar-refractivity contribution in [1.82, 2.24) is 10.3 Å². The Balaban J connectivity index is 1.64. The van der Waals surface area contributed by atoms with E-state index >= 15 is 0 Å². The van der Waals surface area contributed by atoms with Gasteiger partial charge in [0.15, 0.2) is 5.13 Å². The molecule has 3 rings (SSSR count). The number of halogens is 1. The van der Waals surface area contributed by atoms with Crippen molar-refractivity contribution in [3.05, 3.63) is 80.2 Å². The van der Waals surface area contributed by atoms with Gasteiger partial charge in [-0.1, -0.05) is 41.9 Å². The number of amides is 2. The van der Waals surface area contributed by atoms with E-state index in [9.17, 15) is 19.7 Å². The number of anilines is 1. The first-order valence-electron chi connectivity index (χ1n) is 9.49. The van der Waals surface area contributed by atoms with Gasteiger partial charge in [0.2, 0.25) is 11.8 Å². The highest BCUT2D eigenvalue weighted by Crippen LogP contribution is 2.27. The van der Waals surface area contributed by atoms with Gasteiger partial charge in [-0.25, -0.2) is 4.98 Å². The second-order valence-electron chi connectivity index (χ2n) is 6.87. The Bertz CT molecular complexity index is 1190. The number of benzene rings is 2. The van der Waals surface area contributed by atoms with Crippen LogP contribution in [0, 0.1) is 10.1 Å². The Morgan fingerprint density at radius 2 is 1.94 bits per heavy atom. The Labute approximate surface area is 193 Å². The van der Waals surface area contributed by atoms with E-state index < -0.39 is 10.8 Å². The zero-order chi connectivity index (χ0) is 23.3. The Hall–Kier alpha value is -3.56. The van der Waals surface area contributed by atoms with E-state index in [0.29, 0.717) is 16.4 Å². The maximum atomic E-state index is 12.2. The average Bonchev–Trinajstić information content (AvgIpc) is 3.21. The Kier molecular flexibility index (Phi) is 7.34. The molecule has 0 saturated carbocycles. The van der Waals surface area contributed by atoms with Gasteiger partial charge in [-0.3, -0.25) is 25.0 Å². The van der Waals surface area contributed by atoms with Gasteiger partial charge in [-0.15, -0.1) is 11.3 Å². The number of nitrogens with one attached hydrogen (secondary N) is 2. The van der Waals surface area contributed by atoms with Gasteiger partial charge in [-0.05, 0) is 30.2 Å². The third kappa shape index (κ3) is 5.99. The average molecular weight is 471 g/mol. The van der Waals surface area contributed by atoms with Crippen molar-refractivity contribution in [2.75, 3.05) is 5.32 Å². The van der Waals surface area contributed by atoms with Crippen LogP contribution in [0.3, 0.4) is 0 Å². The molecule has 1 aromatic heterocycles. The van der Waals surface area contributed by atoms with E-state index in [1.54, 1.807) is 6.07 Å². The fourth-order valence-corrected chi connectivity index (χ4v) is 3.80. The lowest BCUT2D eigenvalue weighted by atomic mass is 10.1. The number of nitrogens with zero attached hydrogens (tertiary/aromatic N) is 2. The molecule has 8 nitrogen and oxygen atoms in total. The molecule has 0 bridgehead atoms. The van der Waals surface area contributed by atoms with Crippen molar-refractivity contribution in [1.29, 1.82) is 0 Å². The maximum absolute atomic E-state index is 12.2. The summed E-state index contributed by atoms with van der Waals surface area (Å²) >= 11 is 7.07. The molecule has 0 radical (unpaired) electrons. The number of aromatic nitrogens is 1. The van der Waals surface area contributed by atoms with Gasteiger partial charge in [-0.2, -0.15) is 0 Å². The zero-order valence-corrected chi connectivity index (χ0v) is 18.7. The molecular weight excluding hydrogens is 452 g/mol. The molecule has 0 aliphatic heterocycles. The second-order valence-corrected chi connectivity index (χ2v) is 8.14. The lowest BCUT2D eigenvalue weighted by Crippen LogP contribution is -2.23. The second kappa shape index (κ2) is 10.2. The Morgan fingerprint density at radius 1 is 1.22 bits per heavy atom. The lowest BCUT2D eigenvalue weighted by molar-refractivity contribution is -0.384. The number of carbonyl (C=O) groups excluding carboxylic acids is 2. The van der Waals surface area contributed by atoms with Crippen molar-refractivity contribution >= 4 is 51.6 Å². The summed E-state index contributed by atoms with van der Waals surface area (Å²) in [6.07, 6.45) is 2.73. The van der Waals surface area contributed by atoms with Crippen LogP contribution in [-0.2, 0) is 9.59 Å². The molecule has 0 aliphatic rings. The van der Waals surface area contributed by atoms with Crippen LogP contribution in [0.2, 0.25) is 5.02 Å². The lowest BCUT2D eigenvalue weighted by Gasteiger charge is -2.12. The van der Waals surface area contributed by atoms with E-state index in [1.165, 1.54) is 42.5 Å². The summed E-state index contributed by atoms with van der Waals surface area (Å²) in [5.74, 6) is -0.507. The normalized spacial score (nSPS) is 11.8. The summed E-state index contributed by atoms with van der Waals surface area (Å²) in [5, 5.41) is 18.8. The van der Waals surface area contributed by atoms with Crippen LogP contribution in [0.5, 0.6) is 0 Å². The van der Waals surface area contributed by atoms with Gasteiger partial charge >= 0.3 is 0 Å². The highest BCUT2D eigenvalue weighted by Gasteiger charge is 2.12. The third-order valence-electron chi connectivity index (χ3n) is 4.45. The molecule has 0 saturated heterocycles. The summed E-state index contributed by atoms with van der Waals surface area (Å²) in [7, 11) is 0. The fourth-order valence-electron chi connectivity index (χ4n) is 2.89. The minimum atomic E-state index is -0.579. The first-order chi connectivity index (χ1) is 15.2. The van der Waals surface area contributed by atoms with Gasteiger partial charge in [0.05, 0.1) is 16.7 Å². The predicted molar refractivity (Wildman–Crippen MR) is 126 cm³/mol. The quantitative estimate of drug-likeness (QED) is 0.279. The SMILES string of the molecule is CC(=O)NC(C)c1ccc(-c2csc(NC(=O)C=Cc3ccc(Cl)c([N+](=O)[O-])c3)n2)cc1. The summed E-state index contributed by atoms with van der Waals surface area (Å²) < 4.78 is 0. The number of nitro benzene ring substituents is 1. The van der Waals surface area contributed by atoms with Gasteiger partial charge in [0.1, 0.15) is 5.02 Å². The zero-order valence-electron chi connectivity index (χ0n) is 17.2. The van der Waals surface area contributed by atoms with Gasteiger partial charge in [0, 0.05) is 30.0 Å². The van der Waals surface area contributed by atoms with Crippen molar-refractivity contribution in [3.63, 3.8) is 0 Å². The van der Waals surface area contributed by atoms with E-state index in [4.69, 9.17) is 11.6 Å². The summed E-state index contributed by atoms with van der Waals surface area (Å²) in [6.45, 7) is 3.38. The first kappa shape index (κ1) is 23.1. The molecule has 3 aromatic rings. The van der Waals surface area contributed by atoms with Crippen LogP contribution in [0.25, 0.3) is 17.3 Å². The minimum Gasteiger partial charge on any atom is -0.350 e. The minimum absolute atomic E-state index is 0.0320. The fraction of sp³-hybridized carbons (Fsp3) is 0.136. The number of nitro groups is 1. The summed E-state index contributed by atoms with van der Waals surface area (Å²) in [5.41, 5.74) is 2.81. The molecule has 10 heteroatoms. The number of rotatable bonds is 7.